The Labute approximate surface area is 88.8 Å². The van der Waals surface area contributed by atoms with Crippen LogP contribution in [0.15, 0.2) is 0 Å². The molecule has 0 unspecified atom stereocenters. The lowest BCUT2D eigenvalue weighted by atomic mass is 10.2. The van der Waals surface area contributed by atoms with Gasteiger partial charge >= 0.3 is 0 Å². The summed E-state index contributed by atoms with van der Waals surface area (Å²) in [4.78, 5) is 35.3. The fourth-order valence-corrected chi connectivity index (χ4v) is 1.55. The Morgan fingerprint density at radius 1 is 1.20 bits per heavy atom. The summed E-state index contributed by atoms with van der Waals surface area (Å²) in [5.41, 5.74) is 0. The van der Waals surface area contributed by atoms with E-state index in [0.717, 1.165) is 4.90 Å². The molecule has 0 radical (unpaired) electrons. The van der Waals surface area contributed by atoms with E-state index in [4.69, 9.17) is 0 Å². The predicted octanol–water partition coefficient (Wildman–Crippen LogP) is 0.0485. The topological polar surface area (TPSA) is 66.5 Å². The Kier molecular flexibility index (Phi) is 3.44. The van der Waals surface area contributed by atoms with Crippen molar-refractivity contribution in [1.82, 2.24) is 10.2 Å². The quantitative estimate of drug-likeness (QED) is 0.672. The molecular weight excluding hydrogens is 196 g/mol. The van der Waals surface area contributed by atoms with Gasteiger partial charge in [-0.05, 0) is 20.8 Å². The van der Waals surface area contributed by atoms with Crippen LogP contribution >= 0.6 is 0 Å². The van der Waals surface area contributed by atoms with Crippen LogP contribution in [0.4, 0.5) is 0 Å². The van der Waals surface area contributed by atoms with Crippen LogP contribution in [0.3, 0.4) is 0 Å². The third-order valence-electron chi connectivity index (χ3n) is 2.29. The van der Waals surface area contributed by atoms with Crippen molar-refractivity contribution in [2.45, 2.75) is 45.7 Å². The van der Waals surface area contributed by atoms with E-state index in [1.165, 1.54) is 0 Å². The maximum Gasteiger partial charge on any atom is 0.243 e. The molecule has 84 valence electrons. The molecule has 1 aliphatic rings. The van der Waals surface area contributed by atoms with Crippen molar-refractivity contribution >= 4 is 17.7 Å². The van der Waals surface area contributed by atoms with Crippen LogP contribution in [0.25, 0.3) is 0 Å². The third-order valence-corrected chi connectivity index (χ3v) is 2.29. The Bertz CT molecular complexity index is 283. The SMILES string of the molecule is CC(C)NC(=O)[C@H](C)N1C(=O)CCC1=O. The first-order valence-electron chi connectivity index (χ1n) is 5.08. The summed E-state index contributed by atoms with van der Waals surface area (Å²) in [6.45, 7) is 5.23. The minimum atomic E-state index is -0.699. The average Bonchev–Trinajstić information content (AvgIpc) is 2.44. The number of hydrogen-bond acceptors (Lipinski definition) is 3. The molecule has 0 aromatic carbocycles. The molecule has 15 heavy (non-hydrogen) atoms. The van der Waals surface area contributed by atoms with Gasteiger partial charge in [0.15, 0.2) is 0 Å². The standard InChI is InChI=1S/C10H16N2O3/c1-6(2)11-10(15)7(3)12-8(13)4-5-9(12)14/h6-7H,4-5H2,1-3H3,(H,11,15)/t7-/m0/s1. The van der Waals surface area contributed by atoms with Crippen LogP contribution in [0.5, 0.6) is 0 Å². The second-order valence-electron chi connectivity index (χ2n) is 4.00. The molecule has 1 N–H and O–H groups in total. The highest BCUT2D eigenvalue weighted by atomic mass is 16.2. The maximum absolute atomic E-state index is 11.6. The van der Waals surface area contributed by atoms with Crippen molar-refractivity contribution in [3.63, 3.8) is 0 Å². The van der Waals surface area contributed by atoms with E-state index in [-0.39, 0.29) is 36.6 Å². The number of likely N-dealkylation sites (tertiary alicyclic amines) is 1. The average molecular weight is 212 g/mol. The van der Waals surface area contributed by atoms with Gasteiger partial charge in [-0.3, -0.25) is 19.3 Å². The molecule has 1 fully saturated rings. The Hall–Kier alpha value is -1.39. The number of nitrogens with zero attached hydrogens (tertiary/aromatic N) is 1. The molecule has 5 heteroatoms. The molecule has 0 aliphatic carbocycles. The number of carbonyl (C=O) groups is 3. The summed E-state index contributed by atoms with van der Waals surface area (Å²) < 4.78 is 0. The van der Waals surface area contributed by atoms with E-state index in [1.54, 1.807) is 6.92 Å². The number of amides is 3. The van der Waals surface area contributed by atoms with E-state index >= 15 is 0 Å². The van der Waals surface area contributed by atoms with E-state index in [0.29, 0.717) is 0 Å². The molecule has 1 aliphatic heterocycles. The second kappa shape index (κ2) is 4.42. The number of carbonyl (C=O) groups excluding carboxylic acids is 3. The minimum absolute atomic E-state index is 0.00718. The van der Waals surface area contributed by atoms with Crippen LogP contribution in [-0.4, -0.2) is 34.7 Å². The zero-order valence-corrected chi connectivity index (χ0v) is 9.24. The summed E-state index contributed by atoms with van der Waals surface area (Å²) in [5, 5.41) is 2.68. The second-order valence-corrected chi connectivity index (χ2v) is 4.00. The minimum Gasteiger partial charge on any atom is -0.352 e. The summed E-state index contributed by atoms with van der Waals surface area (Å²) >= 11 is 0. The Balaban J connectivity index is 2.67. The van der Waals surface area contributed by atoms with Gasteiger partial charge in [0.25, 0.3) is 0 Å². The lowest BCUT2D eigenvalue weighted by Crippen LogP contribution is -2.49. The van der Waals surface area contributed by atoms with Crippen molar-refractivity contribution in [1.29, 1.82) is 0 Å². The maximum atomic E-state index is 11.6. The first kappa shape index (κ1) is 11.7. The molecule has 0 saturated carbocycles. The monoisotopic (exact) mass is 212 g/mol. The van der Waals surface area contributed by atoms with Crippen molar-refractivity contribution in [2.24, 2.45) is 0 Å². The number of nitrogens with one attached hydrogen (secondary N) is 1. The van der Waals surface area contributed by atoms with Gasteiger partial charge in [0.1, 0.15) is 6.04 Å². The van der Waals surface area contributed by atoms with Gasteiger partial charge in [0.2, 0.25) is 17.7 Å². The highest BCUT2D eigenvalue weighted by Crippen LogP contribution is 2.15. The Morgan fingerprint density at radius 2 is 1.67 bits per heavy atom. The fourth-order valence-electron chi connectivity index (χ4n) is 1.55. The van der Waals surface area contributed by atoms with E-state index in [9.17, 15) is 14.4 Å². The van der Waals surface area contributed by atoms with Gasteiger partial charge in [0, 0.05) is 18.9 Å². The molecular formula is C10H16N2O3. The molecule has 0 aromatic rings. The molecule has 1 atom stereocenters. The smallest absolute Gasteiger partial charge is 0.243 e. The molecule has 0 bridgehead atoms. The number of hydrogen-bond donors (Lipinski definition) is 1. The lowest BCUT2D eigenvalue weighted by molar-refractivity contribution is -0.146. The van der Waals surface area contributed by atoms with Gasteiger partial charge < -0.3 is 5.32 Å². The number of rotatable bonds is 3. The van der Waals surface area contributed by atoms with Gasteiger partial charge in [-0.25, -0.2) is 0 Å². The van der Waals surface area contributed by atoms with E-state index in [2.05, 4.69) is 5.32 Å². The van der Waals surface area contributed by atoms with Crippen LogP contribution in [0, 0.1) is 0 Å². The van der Waals surface area contributed by atoms with E-state index < -0.39 is 6.04 Å². The van der Waals surface area contributed by atoms with Gasteiger partial charge in [0.05, 0.1) is 0 Å². The summed E-state index contributed by atoms with van der Waals surface area (Å²) in [5.74, 6) is -0.800. The normalized spacial score (nSPS) is 18.5. The molecule has 1 saturated heterocycles. The van der Waals surface area contributed by atoms with Crippen LogP contribution in [0.2, 0.25) is 0 Å². The summed E-state index contributed by atoms with van der Waals surface area (Å²) in [6.07, 6.45) is 0.441. The van der Waals surface area contributed by atoms with Gasteiger partial charge in [-0.15, -0.1) is 0 Å². The summed E-state index contributed by atoms with van der Waals surface area (Å²) in [6, 6.07) is -0.692. The van der Waals surface area contributed by atoms with Crippen LogP contribution in [0.1, 0.15) is 33.6 Å². The predicted molar refractivity (Wildman–Crippen MR) is 53.8 cm³/mol. The highest BCUT2D eigenvalue weighted by Gasteiger charge is 2.36. The van der Waals surface area contributed by atoms with E-state index in [1.807, 2.05) is 13.8 Å². The highest BCUT2D eigenvalue weighted by molar-refractivity contribution is 6.05. The first-order valence-corrected chi connectivity index (χ1v) is 5.08. The molecule has 0 aromatic heterocycles. The van der Waals surface area contributed by atoms with Crippen LogP contribution < -0.4 is 5.32 Å². The van der Waals surface area contributed by atoms with Crippen molar-refractivity contribution < 1.29 is 14.4 Å². The zero-order chi connectivity index (χ0) is 11.6. The molecule has 1 rings (SSSR count). The number of imide groups is 1. The molecule has 3 amide bonds. The van der Waals surface area contributed by atoms with Crippen molar-refractivity contribution in [2.75, 3.05) is 0 Å². The van der Waals surface area contributed by atoms with Crippen molar-refractivity contribution in [3.8, 4) is 0 Å². The third kappa shape index (κ3) is 2.55. The zero-order valence-electron chi connectivity index (χ0n) is 9.24. The molecule has 0 spiro atoms. The molecule has 1 heterocycles. The lowest BCUT2D eigenvalue weighted by Gasteiger charge is -2.22. The summed E-state index contributed by atoms with van der Waals surface area (Å²) in [7, 11) is 0. The molecule has 5 nitrogen and oxygen atoms in total. The van der Waals surface area contributed by atoms with Crippen molar-refractivity contribution in [3.05, 3.63) is 0 Å². The van der Waals surface area contributed by atoms with Gasteiger partial charge in [-0.2, -0.15) is 0 Å². The van der Waals surface area contributed by atoms with Crippen LogP contribution in [-0.2, 0) is 14.4 Å². The van der Waals surface area contributed by atoms with Gasteiger partial charge in [-0.1, -0.05) is 0 Å². The fraction of sp³-hybridized carbons (Fsp3) is 0.700. The first-order chi connectivity index (χ1) is 6.93. The largest absolute Gasteiger partial charge is 0.352 e. The Morgan fingerprint density at radius 3 is 2.07 bits per heavy atom.